The molecule has 0 radical (unpaired) electrons. The Morgan fingerprint density at radius 1 is 0.857 bits per heavy atom. The lowest BCUT2D eigenvalue weighted by molar-refractivity contribution is 0.195. The first-order chi connectivity index (χ1) is 13.6. The first-order valence-corrected chi connectivity index (χ1v) is 10.6. The molecule has 1 atom stereocenters. The number of anilines is 3. The molecule has 4 rings (SSSR count). The molecule has 28 heavy (non-hydrogen) atoms. The number of hydrogen-bond donors (Lipinski definition) is 2. The van der Waals surface area contributed by atoms with Crippen LogP contribution in [0.15, 0.2) is 82.6 Å². The lowest BCUT2D eigenvalue weighted by Gasteiger charge is -2.34. The minimum atomic E-state index is -0.492. The van der Waals surface area contributed by atoms with Crippen molar-refractivity contribution < 1.29 is 5.11 Å². The maximum Gasteiger partial charge on any atom is 0.0891 e. The van der Waals surface area contributed by atoms with Gasteiger partial charge in [-0.2, -0.15) is 0 Å². The predicted octanol–water partition coefficient (Wildman–Crippen LogP) is 5.89. The Balaban J connectivity index is 1.46. The highest BCUT2D eigenvalue weighted by atomic mass is 32.2. The van der Waals surface area contributed by atoms with Gasteiger partial charge in [-0.1, -0.05) is 62.0 Å². The first-order valence-electron chi connectivity index (χ1n) is 9.77. The van der Waals surface area contributed by atoms with Crippen LogP contribution in [0.1, 0.15) is 25.3 Å². The van der Waals surface area contributed by atoms with Gasteiger partial charge in [0.15, 0.2) is 0 Å². The summed E-state index contributed by atoms with van der Waals surface area (Å²) in [7, 11) is 0. The van der Waals surface area contributed by atoms with Gasteiger partial charge in [0, 0.05) is 22.0 Å². The van der Waals surface area contributed by atoms with Crippen molar-refractivity contribution in [1.29, 1.82) is 0 Å². The second-order valence-corrected chi connectivity index (χ2v) is 8.54. The Bertz CT molecular complexity index is 894. The third-order valence-corrected chi connectivity index (χ3v) is 6.17. The van der Waals surface area contributed by atoms with Gasteiger partial charge < -0.3 is 15.3 Å². The summed E-state index contributed by atoms with van der Waals surface area (Å²) in [6, 6.07) is 25.3. The number of nitrogens with zero attached hydrogens (tertiary/aromatic N) is 1. The van der Waals surface area contributed by atoms with Crippen molar-refractivity contribution in [1.82, 2.24) is 0 Å². The first kappa shape index (κ1) is 18.9. The largest absolute Gasteiger partial charge is 0.389 e. The molecule has 0 aromatic heterocycles. The quantitative estimate of drug-likeness (QED) is 0.550. The molecule has 3 aromatic rings. The highest BCUT2D eigenvalue weighted by Crippen LogP contribution is 2.47. The zero-order chi connectivity index (χ0) is 19.5. The van der Waals surface area contributed by atoms with E-state index in [9.17, 15) is 5.11 Å². The lowest BCUT2D eigenvalue weighted by atomic mass is 10.0. The van der Waals surface area contributed by atoms with Crippen molar-refractivity contribution in [3.8, 4) is 0 Å². The van der Waals surface area contributed by atoms with Crippen LogP contribution < -0.4 is 10.2 Å². The lowest BCUT2D eigenvalue weighted by Crippen LogP contribution is -2.34. The Morgan fingerprint density at radius 2 is 1.43 bits per heavy atom. The fraction of sp³-hybridized carbons (Fsp3) is 0.250. The van der Waals surface area contributed by atoms with Crippen molar-refractivity contribution >= 4 is 28.8 Å². The van der Waals surface area contributed by atoms with Crippen LogP contribution in [0.25, 0.3) is 0 Å². The Kier molecular flexibility index (Phi) is 5.60. The highest BCUT2D eigenvalue weighted by Gasteiger charge is 2.24. The van der Waals surface area contributed by atoms with Crippen molar-refractivity contribution in [3.63, 3.8) is 0 Å². The van der Waals surface area contributed by atoms with Crippen LogP contribution in [-0.4, -0.2) is 24.3 Å². The Hall–Kier alpha value is -2.43. The summed E-state index contributed by atoms with van der Waals surface area (Å²) < 4.78 is 0. The van der Waals surface area contributed by atoms with Gasteiger partial charge in [-0.05, 0) is 47.9 Å². The summed E-state index contributed by atoms with van der Waals surface area (Å²) in [5, 5.41) is 14.1. The molecule has 3 aromatic carbocycles. The van der Waals surface area contributed by atoms with E-state index in [2.05, 4.69) is 96.9 Å². The van der Waals surface area contributed by atoms with Crippen LogP contribution in [-0.2, 0) is 0 Å². The molecule has 3 nitrogen and oxygen atoms in total. The Morgan fingerprint density at radius 3 is 2.00 bits per heavy atom. The number of hydrogen-bond acceptors (Lipinski definition) is 4. The fourth-order valence-electron chi connectivity index (χ4n) is 3.47. The average Bonchev–Trinajstić information content (AvgIpc) is 2.72. The van der Waals surface area contributed by atoms with Crippen molar-refractivity contribution in [3.05, 3.63) is 78.4 Å². The molecule has 4 heteroatoms. The van der Waals surface area contributed by atoms with Gasteiger partial charge in [0.1, 0.15) is 0 Å². The number of rotatable bonds is 6. The van der Waals surface area contributed by atoms with Crippen LogP contribution >= 0.6 is 11.8 Å². The van der Waals surface area contributed by atoms with Gasteiger partial charge in [-0.25, -0.2) is 0 Å². The normalized spacial score (nSPS) is 13.8. The van der Waals surface area contributed by atoms with Crippen LogP contribution in [0, 0.1) is 0 Å². The SMILES string of the molecule is CC(C)c1ccc(NCC(O)CN2c3ccccc3Sc3ccccc32)cc1. The van der Waals surface area contributed by atoms with Gasteiger partial charge in [0.2, 0.25) is 0 Å². The van der Waals surface area contributed by atoms with E-state index in [-0.39, 0.29) is 0 Å². The molecular weight excluding hydrogens is 364 g/mol. The maximum absolute atomic E-state index is 10.7. The van der Waals surface area contributed by atoms with Crippen LogP contribution in [0.3, 0.4) is 0 Å². The predicted molar refractivity (Wildman–Crippen MR) is 119 cm³/mol. The Labute approximate surface area is 171 Å². The third kappa shape index (κ3) is 4.03. The standard InChI is InChI=1S/C24H26N2OS/c1-17(2)18-11-13-19(14-12-18)25-15-20(27)16-26-21-7-3-5-9-23(21)28-24-10-6-4-8-22(24)26/h3-14,17,20,25,27H,15-16H2,1-2H3. The number of nitrogens with one attached hydrogen (secondary N) is 1. The monoisotopic (exact) mass is 390 g/mol. The minimum absolute atomic E-state index is 0.492. The summed E-state index contributed by atoms with van der Waals surface area (Å²) in [6.45, 7) is 5.44. The molecule has 1 aliphatic rings. The van der Waals surface area contributed by atoms with Crippen molar-refractivity contribution in [2.24, 2.45) is 0 Å². The maximum atomic E-state index is 10.7. The van der Waals surface area contributed by atoms with Gasteiger partial charge in [0.25, 0.3) is 0 Å². The van der Waals surface area contributed by atoms with E-state index in [1.54, 1.807) is 11.8 Å². The van der Waals surface area contributed by atoms with Crippen molar-refractivity contribution in [2.75, 3.05) is 23.3 Å². The zero-order valence-electron chi connectivity index (χ0n) is 16.3. The van der Waals surface area contributed by atoms with Crippen LogP contribution in [0.2, 0.25) is 0 Å². The molecule has 2 N–H and O–H groups in total. The molecule has 0 aliphatic carbocycles. The van der Waals surface area contributed by atoms with Crippen LogP contribution in [0.5, 0.6) is 0 Å². The molecule has 0 fully saturated rings. The molecule has 0 bridgehead atoms. The zero-order valence-corrected chi connectivity index (χ0v) is 17.1. The number of fused-ring (bicyclic) bond motifs is 2. The number of β-amino-alcohol motifs (C(OH)–C–C–N with tert-alkyl or cyclic N) is 1. The van der Waals surface area contributed by atoms with Gasteiger partial charge >= 0.3 is 0 Å². The topological polar surface area (TPSA) is 35.5 Å². The van der Waals surface area contributed by atoms with Crippen molar-refractivity contribution in [2.45, 2.75) is 35.7 Å². The average molecular weight is 391 g/mol. The number of aliphatic hydroxyl groups is 1. The van der Waals surface area contributed by atoms with Crippen LogP contribution in [0.4, 0.5) is 17.1 Å². The van der Waals surface area contributed by atoms with E-state index in [1.807, 2.05) is 0 Å². The smallest absolute Gasteiger partial charge is 0.0891 e. The second-order valence-electron chi connectivity index (χ2n) is 7.46. The summed E-state index contributed by atoms with van der Waals surface area (Å²) >= 11 is 1.79. The van der Waals surface area contributed by atoms with E-state index < -0.39 is 6.10 Å². The summed E-state index contributed by atoms with van der Waals surface area (Å²) in [6.07, 6.45) is -0.492. The molecule has 144 valence electrons. The number of para-hydroxylation sites is 2. The number of aliphatic hydroxyl groups excluding tert-OH is 1. The molecule has 0 saturated heterocycles. The molecule has 0 amide bonds. The van der Waals surface area contributed by atoms with E-state index in [0.29, 0.717) is 19.0 Å². The number of benzene rings is 3. The molecule has 1 unspecified atom stereocenters. The van der Waals surface area contributed by atoms with E-state index in [4.69, 9.17) is 0 Å². The third-order valence-electron chi connectivity index (χ3n) is 5.04. The molecular formula is C24H26N2OS. The van der Waals surface area contributed by atoms with E-state index in [1.165, 1.54) is 15.4 Å². The molecule has 1 aliphatic heterocycles. The molecule has 1 heterocycles. The molecule has 0 spiro atoms. The second kappa shape index (κ2) is 8.29. The summed E-state index contributed by atoms with van der Waals surface area (Å²) in [4.78, 5) is 4.69. The van der Waals surface area contributed by atoms with E-state index in [0.717, 1.165) is 17.1 Å². The van der Waals surface area contributed by atoms with Gasteiger partial charge in [-0.3, -0.25) is 0 Å². The fourth-order valence-corrected chi connectivity index (χ4v) is 4.57. The molecule has 0 saturated carbocycles. The highest BCUT2D eigenvalue weighted by molar-refractivity contribution is 7.99. The van der Waals surface area contributed by atoms with Gasteiger partial charge in [0.05, 0.1) is 24.0 Å². The van der Waals surface area contributed by atoms with E-state index >= 15 is 0 Å². The van der Waals surface area contributed by atoms with Gasteiger partial charge in [-0.15, -0.1) is 0 Å². The summed E-state index contributed by atoms with van der Waals surface area (Å²) in [5.41, 5.74) is 4.68. The summed E-state index contributed by atoms with van der Waals surface area (Å²) in [5.74, 6) is 0.525. The minimum Gasteiger partial charge on any atom is -0.389 e.